The van der Waals surface area contributed by atoms with Crippen LogP contribution in [0.3, 0.4) is 0 Å². The standard InChI is InChI=1S/C11H14N2/c1-3-8-9-6-5-7-12-11(9)13-10(8)4-2/h5-7H,3-4H2,1-2H3,(H,12,13). The first-order valence-corrected chi connectivity index (χ1v) is 4.81. The molecule has 0 aliphatic heterocycles. The topological polar surface area (TPSA) is 28.7 Å². The van der Waals surface area contributed by atoms with Crippen LogP contribution in [0.25, 0.3) is 11.0 Å². The quantitative estimate of drug-likeness (QED) is 0.745. The number of hydrogen-bond acceptors (Lipinski definition) is 1. The lowest BCUT2D eigenvalue weighted by Crippen LogP contribution is -1.86. The molecule has 0 atom stereocenters. The lowest BCUT2D eigenvalue weighted by molar-refractivity contribution is 1.01. The van der Waals surface area contributed by atoms with Crippen molar-refractivity contribution in [2.75, 3.05) is 0 Å². The second-order valence-corrected chi connectivity index (χ2v) is 3.19. The van der Waals surface area contributed by atoms with E-state index in [0.29, 0.717) is 0 Å². The van der Waals surface area contributed by atoms with E-state index in [9.17, 15) is 0 Å². The van der Waals surface area contributed by atoms with Crippen LogP contribution >= 0.6 is 0 Å². The molecule has 0 bridgehead atoms. The largest absolute Gasteiger partial charge is 0.343 e. The number of hydrogen-bond donors (Lipinski definition) is 1. The highest BCUT2D eigenvalue weighted by atomic mass is 14.9. The van der Waals surface area contributed by atoms with Crippen molar-refractivity contribution in [2.45, 2.75) is 26.7 Å². The van der Waals surface area contributed by atoms with Gasteiger partial charge in [0.2, 0.25) is 0 Å². The van der Waals surface area contributed by atoms with E-state index in [0.717, 1.165) is 18.5 Å². The highest BCUT2D eigenvalue weighted by Crippen LogP contribution is 2.21. The van der Waals surface area contributed by atoms with Gasteiger partial charge in [-0.25, -0.2) is 4.98 Å². The Morgan fingerprint density at radius 2 is 2.15 bits per heavy atom. The van der Waals surface area contributed by atoms with Crippen LogP contribution < -0.4 is 0 Å². The second kappa shape index (κ2) is 3.21. The number of fused-ring (bicyclic) bond motifs is 1. The van der Waals surface area contributed by atoms with Crippen molar-refractivity contribution < 1.29 is 0 Å². The molecule has 0 saturated carbocycles. The summed E-state index contributed by atoms with van der Waals surface area (Å²) in [4.78, 5) is 7.66. The van der Waals surface area contributed by atoms with E-state index >= 15 is 0 Å². The maximum atomic E-state index is 4.30. The fourth-order valence-electron chi connectivity index (χ4n) is 1.83. The lowest BCUT2D eigenvalue weighted by Gasteiger charge is -1.96. The summed E-state index contributed by atoms with van der Waals surface area (Å²) in [5.74, 6) is 0. The molecule has 2 aromatic rings. The zero-order valence-corrected chi connectivity index (χ0v) is 8.09. The number of aryl methyl sites for hydroxylation is 2. The third-order valence-electron chi connectivity index (χ3n) is 2.47. The molecule has 0 aliphatic carbocycles. The van der Waals surface area contributed by atoms with Gasteiger partial charge < -0.3 is 4.98 Å². The fraction of sp³-hybridized carbons (Fsp3) is 0.364. The van der Waals surface area contributed by atoms with Crippen molar-refractivity contribution in [2.24, 2.45) is 0 Å². The number of H-pyrrole nitrogens is 1. The van der Waals surface area contributed by atoms with Gasteiger partial charge in [-0.1, -0.05) is 13.8 Å². The summed E-state index contributed by atoms with van der Waals surface area (Å²) < 4.78 is 0. The first-order chi connectivity index (χ1) is 6.36. The molecular weight excluding hydrogens is 160 g/mol. The first-order valence-electron chi connectivity index (χ1n) is 4.81. The Hall–Kier alpha value is -1.31. The van der Waals surface area contributed by atoms with Gasteiger partial charge in [0.25, 0.3) is 0 Å². The van der Waals surface area contributed by atoms with Gasteiger partial charge in [0, 0.05) is 17.3 Å². The Labute approximate surface area is 78.0 Å². The average molecular weight is 174 g/mol. The van der Waals surface area contributed by atoms with E-state index in [1.807, 2.05) is 12.3 Å². The molecule has 0 aromatic carbocycles. The minimum atomic E-state index is 1.02. The van der Waals surface area contributed by atoms with Crippen LogP contribution in [0.2, 0.25) is 0 Å². The van der Waals surface area contributed by atoms with Crippen molar-refractivity contribution in [1.82, 2.24) is 9.97 Å². The van der Waals surface area contributed by atoms with Gasteiger partial charge in [-0.05, 0) is 30.5 Å². The highest BCUT2D eigenvalue weighted by Gasteiger charge is 2.07. The van der Waals surface area contributed by atoms with E-state index in [2.05, 4.69) is 29.9 Å². The Balaban J connectivity index is 2.73. The van der Waals surface area contributed by atoms with Crippen LogP contribution in [-0.4, -0.2) is 9.97 Å². The van der Waals surface area contributed by atoms with Crippen LogP contribution in [0.4, 0.5) is 0 Å². The molecule has 0 radical (unpaired) electrons. The molecule has 2 nitrogen and oxygen atoms in total. The summed E-state index contributed by atoms with van der Waals surface area (Å²) in [7, 11) is 0. The summed E-state index contributed by atoms with van der Waals surface area (Å²) in [5, 5.41) is 1.28. The van der Waals surface area contributed by atoms with Gasteiger partial charge in [-0.3, -0.25) is 0 Å². The Morgan fingerprint density at radius 3 is 2.85 bits per heavy atom. The molecule has 2 heterocycles. The fourth-order valence-corrected chi connectivity index (χ4v) is 1.83. The van der Waals surface area contributed by atoms with Gasteiger partial charge in [0.15, 0.2) is 0 Å². The van der Waals surface area contributed by atoms with E-state index in [4.69, 9.17) is 0 Å². The summed E-state index contributed by atoms with van der Waals surface area (Å²) in [6.45, 7) is 4.36. The maximum Gasteiger partial charge on any atom is 0.137 e. The number of aromatic amines is 1. The molecule has 0 saturated heterocycles. The average Bonchev–Trinajstić information content (AvgIpc) is 2.55. The summed E-state index contributed by atoms with van der Waals surface area (Å²) in [6, 6.07) is 4.13. The van der Waals surface area contributed by atoms with E-state index in [-0.39, 0.29) is 0 Å². The maximum absolute atomic E-state index is 4.30. The van der Waals surface area contributed by atoms with E-state index < -0.39 is 0 Å². The number of nitrogens with zero attached hydrogens (tertiary/aromatic N) is 1. The van der Waals surface area contributed by atoms with Gasteiger partial charge in [-0.15, -0.1) is 0 Å². The molecular formula is C11H14N2. The summed E-state index contributed by atoms with van der Waals surface area (Å²) >= 11 is 0. The zero-order chi connectivity index (χ0) is 9.26. The van der Waals surface area contributed by atoms with E-state index in [1.54, 1.807) is 0 Å². The molecule has 0 spiro atoms. The number of pyridine rings is 1. The molecule has 2 rings (SSSR count). The second-order valence-electron chi connectivity index (χ2n) is 3.19. The molecule has 13 heavy (non-hydrogen) atoms. The minimum absolute atomic E-state index is 1.02. The highest BCUT2D eigenvalue weighted by molar-refractivity contribution is 5.81. The Bertz CT molecular complexity index is 415. The van der Waals surface area contributed by atoms with E-state index in [1.165, 1.54) is 16.6 Å². The predicted octanol–water partition coefficient (Wildman–Crippen LogP) is 2.69. The van der Waals surface area contributed by atoms with Crippen LogP contribution in [0.15, 0.2) is 18.3 Å². The molecule has 0 unspecified atom stereocenters. The van der Waals surface area contributed by atoms with Gasteiger partial charge >= 0.3 is 0 Å². The van der Waals surface area contributed by atoms with Crippen LogP contribution in [-0.2, 0) is 12.8 Å². The van der Waals surface area contributed by atoms with Crippen molar-refractivity contribution in [1.29, 1.82) is 0 Å². The third-order valence-corrected chi connectivity index (χ3v) is 2.47. The lowest BCUT2D eigenvalue weighted by atomic mass is 10.1. The zero-order valence-electron chi connectivity index (χ0n) is 8.09. The van der Waals surface area contributed by atoms with Gasteiger partial charge in [0.1, 0.15) is 5.65 Å². The first kappa shape index (κ1) is 8.30. The Morgan fingerprint density at radius 1 is 1.31 bits per heavy atom. The molecule has 68 valence electrons. The molecule has 2 heteroatoms. The van der Waals surface area contributed by atoms with Crippen molar-refractivity contribution in [3.63, 3.8) is 0 Å². The molecule has 0 fully saturated rings. The normalized spacial score (nSPS) is 10.9. The van der Waals surface area contributed by atoms with Gasteiger partial charge in [0.05, 0.1) is 0 Å². The van der Waals surface area contributed by atoms with Gasteiger partial charge in [-0.2, -0.15) is 0 Å². The molecule has 1 N–H and O–H groups in total. The molecule has 0 amide bonds. The van der Waals surface area contributed by atoms with Crippen LogP contribution in [0.1, 0.15) is 25.1 Å². The van der Waals surface area contributed by atoms with Crippen LogP contribution in [0.5, 0.6) is 0 Å². The number of rotatable bonds is 2. The molecule has 2 aromatic heterocycles. The van der Waals surface area contributed by atoms with Crippen molar-refractivity contribution >= 4 is 11.0 Å². The summed E-state index contributed by atoms with van der Waals surface area (Å²) in [5.41, 5.74) is 3.78. The SMILES string of the molecule is CCc1[nH]c2ncccc2c1CC. The minimum Gasteiger partial charge on any atom is -0.343 e. The smallest absolute Gasteiger partial charge is 0.137 e. The Kier molecular flexibility index (Phi) is 2.05. The third kappa shape index (κ3) is 1.22. The monoisotopic (exact) mass is 174 g/mol. The van der Waals surface area contributed by atoms with Crippen molar-refractivity contribution in [3.05, 3.63) is 29.6 Å². The predicted molar refractivity (Wildman–Crippen MR) is 54.8 cm³/mol. The summed E-state index contributed by atoms with van der Waals surface area (Å²) in [6.07, 6.45) is 3.96. The van der Waals surface area contributed by atoms with Crippen molar-refractivity contribution in [3.8, 4) is 0 Å². The number of aromatic nitrogens is 2. The van der Waals surface area contributed by atoms with Crippen LogP contribution in [0, 0.1) is 0 Å². The molecule has 0 aliphatic rings. The number of nitrogens with one attached hydrogen (secondary N) is 1.